The molecule has 6 nitrogen and oxygen atoms in total. The number of nitrogens with one attached hydrogen (secondary N) is 1. The molecule has 0 aliphatic rings. The molecular formula is C19H29NO5. The van der Waals surface area contributed by atoms with E-state index in [1.165, 1.54) is 0 Å². The first-order valence-corrected chi connectivity index (χ1v) is 8.74. The highest BCUT2D eigenvalue weighted by Gasteiger charge is 2.07. The summed E-state index contributed by atoms with van der Waals surface area (Å²) in [7, 11) is 3.19. The number of aryl methyl sites for hydroxylation is 1. The molecule has 0 spiro atoms. The predicted octanol–water partition coefficient (Wildman–Crippen LogP) is 2.88. The zero-order valence-corrected chi connectivity index (χ0v) is 15.4. The number of esters is 1. The summed E-state index contributed by atoms with van der Waals surface area (Å²) in [5, 5.41) is 2.91. The Balaban J connectivity index is 2.18. The molecule has 0 fully saturated rings. The maximum absolute atomic E-state index is 11.9. The summed E-state index contributed by atoms with van der Waals surface area (Å²) in [6.07, 6.45) is 4.07. The van der Waals surface area contributed by atoms with Crippen LogP contribution < -0.4 is 14.8 Å². The molecule has 0 heterocycles. The van der Waals surface area contributed by atoms with Gasteiger partial charge in [0.1, 0.15) is 0 Å². The largest absolute Gasteiger partial charge is 0.493 e. The van der Waals surface area contributed by atoms with Gasteiger partial charge in [-0.3, -0.25) is 9.59 Å². The van der Waals surface area contributed by atoms with Crippen molar-refractivity contribution >= 4 is 11.9 Å². The van der Waals surface area contributed by atoms with Gasteiger partial charge in [-0.05, 0) is 43.9 Å². The number of methoxy groups -OCH3 is 2. The average Bonchev–Trinajstić information content (AvgIpc) is 2.62. The fraction of sp³-hybridized carbons (Fsp3) is 0.579. The lowest BCUT2D eigenvalue weighted by molar-refractivity contribution is -0.143. The third-order valence-corrected chi connectivity index (χ3v) is 3.77. The zero-order chi connectivity index (χ0) is 18.5. The number of hydrogen-bond acceptors (Lipinski definition) is 5. The summed E-state index contributed by atoms with van der Waals surface area (Å²) in [5.41, 5.74) is 1.03. The molecule has 0 saturated heterocycles. The molecule has 25 heavy (non-hydrogen) atoms. The summed E-state index contributed by atoms with van der Waals surface area (Å²) >= 11 is 0. The van der Waals surface area contributed by atoms with Crippen LogP contribution in [0.3, 0.4) is 0 Å². The van der Waals surface area contributed by atoms with Crippen LogP contribution in [-0.4, -0.2) is 39.2 Å². The van der Waals surface area contributed by atoms with Crippen LogP contribution in [0, 0.1) is 0 Å². The standard InChI is InChI=1S/C19H29NO5/c1-4-25-19(22)8-6-5-7-13-20-18(21)12-10-15-9-11-16(23-2)17(14-15)24-3/h9,11,14H,4-8,10,12-13H2,1-3H3,(H,20,21). The lowest BCUT2D eigenvalue weighted by atomic mass is 10.1. The van der Waals surface area contributed by atoms with Crippen molar-refractivity contribution in [2.75, 3.05) is 27.4 Å². The van der Waals surface area contributed by atoms with E-state index in [9.17, 15) is 9.59 Å². The van der Waals surface area contributed by atoms with Crippen LogP contribution >= 0.6 is 0 Å². The lowest BCUT2D eigenvalue weighted by Gasteiger charge is -2.10. The number of benzene rings is 1. The maximum atomic E-state index is 11.9. The van der Waals surface area contributed by atoms with Crippen molar-refractivity contribution in [1.29, 1.82) is 0 Å². The smallest absolute Gasteiger partial charge is 0.305 e. The minimum Gasteiger partial charge on any atom is -0.493 e. The first-order valence-electron chi connectivity index (χ1n) is 8.74. The third-order valence-electron chi connectivity index (χ3n) is 3.77. The Morgan fingerprint density at radius 1 is 1.00 bits per heavy atom. The molecule has 1 N–H and O–H groups in total. The number of carbonyl (C=O) groups is 2. The lowest BCUT2D eigenvalue weighted by Crippen LogP contribution is -2.24. The van der Waals surface area contributed by atoms with E-state index in [2.05, 4.69) is 5.32 Å². The first kappa shape index (κ1) is 20.8. The fourth-order valence-electron chi connectivity index (χ4n) is 2.41. The molecule has 1 aromatic carbocycles. The number of unbranched alkanes of at least 4 members (excludes halogenated alkanes) is 2. The summed E-state index contributed by atoms with van der Waals surface area (Å²) in [6, 6.07) is 5.67. The molecule has 0 bridgehead atoms. The van der Waals surface area contributed by atoms with E-state index < -0.39 is 0 Å². The van der Waals surface area contributed by atoms with Gasteiger partial charge >= 0.3 is 5.97 Å². The predicted molar refractivity (Wildman–Crippen MR) is 96.0 cm³/mol. The molecule has 0 aliphatic carbocycles. The van der Waals surface area contributed by atoms with Gasteiger partial charge in [0.05, 0.1) is 20.8 Å². The van der Waals surface area contributed by atoms with Crippen molar-refractivity contribution in [3.8, 4) is 11.5 Å². The molecule has 6 heteroatoms. The highest BCUT2D eigenvalue weighted by molar-refractivity contribution is 5.76. The molecule has 1 aromatic rings. The van der Waals surface area contributed by atoms with Crippen molar-refractivity contribution < 1.29 is 23.8 Å². The SMILES string of the molecule is CCOC(=O)CCCCCNC(=O)CCc1ccc(OC)c(OC)c1. The van der Waals surface area contributed by atoms with Crippen LogP contribution in [0.25, 0.3) is 0 Å². The van der Waals surface area contributed by atoms with E-state index in [4.69, 9.17) is 14.2 Å². The molecule has 140 valence electrons. The Labute approximate surface area is 149 Å². The van der Waals surface area contributed by atoms with Crippen LogP contribution in [0.4, 0.5) is 0 Å². The van der Waals surface area contributed by atoms with E-state index >= 15 is 0 Å². The third kappa shape index (κ3) is 8.42. The van der Waals surface area contributed by atoms with Gasteiger partial charge in [-0.1, -0.05) is 12.5 Å². The zero-order valence-electron chi connectivity index (χ0n) is 15.4. The molecule has 0 aromatic heterocycles. The van der Waals surface area contributed by atoms with Crippen LogP contribution in [0.1, 0.15) is 44.6 Å². The summed E-state index contributed by atoms with van der Waals surface area (Å²) < 4.78 is 15.3. The van der Waals surface area contributed by atoms with Gasteiger partial charge in [0, 0.05) is 19.4 Å². The molecule has 0 unspecified atom stereocenters. The van der Waals surface area contributed by atoms with E-state index in [-0.39, 0.29) is 11.9 Å². The van der Waals surface area contributed by atoms with Crippen LogP contribution in [0.15, 0.2) is 18.2 Å². The molecule has 0 saturated carbocycles. The van der Waals surface area contributed by atoms with E-state index in [1.807, 2.05) is 18.2 Å². The molecule has 1 amide bonds. The highest BCUT2D eigenvalue weighted by atomic mass is 16.5. The monoisotopic (exact) mass is 351 g/mol. The Kier molecular flexibility index (Phi) is 10.1. The van der Waals surface area contributed by atoms with Crippen molar-refractivity contribution in [3.63, 3.8) is 0 Å². The van der Waals surface area contributed by atoms with Crippen molar-refractivity contribution in [3.05, 3.63) is 23.8 Å². The van der Waals surface area contributed by atoms with E-state index in [0.29, 0.717) is 43.9 Å². The Morgan fingerprint density at radius 3 is 2.44 bits per heavy atom. The van der Waals surface area contributed by atoms with Gasteiger partial charge in [-0.25, -0.2) is 0 Å². The van der Waals surface area contributed by atoms with Gasteiger partial charge in [0.15, 0.2) is 11.5 Å². The quantitative estimate of drug-likeness (QED) is 0.463. The number of ether oxygens (including phenoxy) is 3. The van der Waals surface area contributed by atoms with Crippen molar-refractivity contribution in [1.82, 2.24) is 5.32 Å². The van der Waals surface area contributed by atoms with Crippen molar-refractivity contribution in [2.24, 2.45) is 0 Å². The molecule has 1 rings (SSSR count). The Bertz CT molecular complexity index is 545. The first-order chi connectivity index (χ1) is 12.1. The number of carbonyl (C=O) groups excluding carboxylic acids is 2. The maximum Gasteiger partial charge on any atom is 0.305 e. The van der Waals surface area contributed by atoms with Gasteiger partial charge < -0.3 is 19.5 Å². The summed E-state index contributed by atoms with van der Waals surface area (Å²) in [4.78, 5) is 23.1. The molecule has 0 atom stereocenters. The number of amides is 1. The second-order valence-corrected chi connectivity index (χ2v) is 5.65. The molecule has 0 aliphatic heterocycles. The topological polar surface area (TPSA) is 73.9 Å². The highest BCUT2D eigenvalue weighted by Crippen LogP contribution is 2.27. The van der Waals surface area contributed by atoms with Crippen molar-refractivity contribution in [2.45, 2.75) is 45.4 Å². The summed E-state index contributed by atoms with van der Waals surface area (Å²) in [5.74, 6) is 1.22. The molecular weight excluding hydrogens is 322 g/mol. The Hall–Kier alpha value is -2.24. The van der Waals surface area contributed by atoms with Gasteiger partial charge in [-0.2, -0.15) is 0 Å². The van der Waals surface area contributed by atoms with Crippen LogP contribution in [0.2, 0.25) is 0 Å². The van der Waals surface area contributed by atoms with Gasteiger partial charge in [0.2, 0.25) is 5.91 Å². The average molecular weight is 351 g/mol. The van der Waals surface area contributed by atoms with E-state index in [1.54, 1.807) is 21.1 Å². The molecule has 0 radical (unpaired) electrons. The van der Waals surface area contributed by atoms with Crippen LogP contribution in [0.5, 0.6) is 11.5 Å². The second kappa shape index (κ2) is 12.2. The fourth-order valence-corrected chi connectivity index (χ4v) is 2.41. The van der Waals surface area contributed by atoms with Gasteiger partial charge in [-0.15, -0.1) is 0 Å². The normalized spacial score (nSPS) is 10.2. The number of hydrogen-bond donors (Lipinski definition) is 1. The van der Waals surface area contributed by atoms with E-state index in [0.717, 1.165) is 24.8 Å². The number of rotatable bonds is 12. The minimum atomic E-state index is -0.151. The van der Waals surface area contributed by atoms with Gasteiger partial charge in [0.25, 0.3) is 0 Å². The Morgan fingerprint density at radius 2 is 1.76 bits per heavy atom. The second-order valence-electron chi connectivity index (χ2n) is 5.65. The summed E-state index contributed by atoms with van der Waals surface area (Å²) in [6.45, 7) is 2.86. The minimum absolute atomic E-state index is 0.0279. The van der Waals surface area contributed by atoms with Crippen LogP contribution in [-0.2, 0) is 20.7 Å².